The van der Waals surface area contributed by atoms with Crippen molar-refractivity contribution >= 4 is 11.6 Å². The molecule has 1 heterocycles. The minimum atomic E-state index is -0.366. The van der Waals surface area contributed by atoms with Crippen LogP contribution in [0.2, 0.25) is 0 Å². The van der Waals surface area contributed by atoms with Crippen LogP contribution in [0.15, 0.2) is 41.2 Å². The van der Waals surface area contributed by atoms with E-state index in [0.717, 1.165) is 10.2 Å². The van der Waals surface area contributed by atoms with E-state index in [4.69, 9.17) is 4.74 Å². The van der Waals surface area contributed by atoms with Gasteiger partial charge in [0.05, 0.1) is 6.61 Å². The highest BCUT2D eigenvalue weighted by molar-refractivity contribution is 6.02. The van der Waals surface area contributed by atoms with Crippen LogP contribution in [0, 0.1) is 0 Å². The summed E-state index contributed by atoms with van der Waals surface area (Å²) in [7, 11) is 3.11. The van der Waals surface area contributed by atoms with E-state index in [2.05, 4.69) is 10.4 Å². The summed E-state index contributed by atoms with van der Waals surface area (Å²) in [6.45, 7) is 0.474. The highest BCUT2D eigenvalue weighted by Crippen LogP contribution is 2.12. The van der Waals surface area contributed by atoms with Gasteiger partial charge in [0.25, 0.3) is 11.5 Å². The van der Waals surface area contributed by atoms with Crippen molar-refractivity contribution < 1.29 is 9.53 Å². The van der Waals surface area contributed by atoms with Gasteiger partial charge in [-0.15, -0.1) is 0 Å². The van der Waals surface area contributed by atoms with E-state index < -0.39 is 0 Å². The Kier molecular flexibility index (Phi) is 4.27. The van der Waals surface area contributed by atoms with Crippen LogP contribution in [0.5, 0.6) is 0 Å². The summed E-state index contributed by atoms with van der Waals surface area (Å²) in [6.07, 6.45) is 0. The van der Waals surface area contributed by atoms with Crippen LogP contribution in [0.1, 0.15) is 16.1 Å². The SMILES string of the molecule is COCc1cccc(NC(=O)c2ccc(=O)n(C)n2)c1. The lowest BCUT2D eigenvalue weighted by Crippen LogP contribution is -2.23. The summed E-state index contributed by atoms with van der Waals surface area (Å²) in [5.74, 6) is -0.366. The molecule has 0 aliphatic heterocycles. The van der Waals surface area contributed by atoms with E-state index in [9.17, 15) is 9.59 Å². The number of hydrogen-bond acceptors (Lipinski definition) is 4. The van der Waals surface area contributed by atoms with E-state index in [0.29, 0.717) is 12.3 Å². The lowest BCUT2D eigenvalue weighted by Gasteiger charge is -2.07. The van der Waals surface area contributed by atoms with Crippen LogP contribution >= 0.6 is 0 Å². The molecule has 2 aromatic rings. The average molecular weight is 273 g/mol. The molecule has 6 nitrogen and oxygen atoms in total. The third kappa shape index (κ3) is 3.30. The van der Waals surface area contributed by atoms with E-state index >= 15 is 0 Å². The van der Waals surface area contributed by atoms with Crippen molar-refractivity contribution in [2.75, 3.05) is 12.4 Å². The second kappa shape index (κ2) is 6.12. The van der Waals surface area contributed by atoms with Crippen LogP contribution in [0.4, 0.5) is 5.69 Å². The van der Waals surface area contributed by atoms with Crippen LogP contribution in [0.25, 0.3) is 0 Å². The Bertz CT molecular complexity index is 679. The Morgan fingerprint density at radius 2 is 2.15 bits per heavy atom. The molecule has 0 radical (unpaired) electrons. The molecule has 104 valence electrons. The predicted octanol–water partition coefficient (Wildman–Crippen LogP) is 1.18. The molecular formula is C14H15N3O3. The van der Waals surface area contributed by atoms with Crippen LogP contribution in [0.3, 0.4) is 0 Å². The van der Waals surface area contributed by atoms with Gasteiger partial charge in [0, 0.05) is 25.9 Å². The normalized spacial score (nSPS) is 10.3. The Balaban J connectivity index is 2.16. The van der Waals surface area contributed by atoms with Gasteiger partial charge in [-0.2, -0.15) is 5.10 Å². The van der Waals surface area contributed by atoms with E-state index in [1.165, 1.54) is 19.2 Å². The zero-order valence-electron chi connectivity index (χ0n) is 11.3. The quantitative estimate of drug-likeness (QED) is 0.907. The lowest BCUT2D eigenvalue weighted by atomic mass is 10.2. The Morgan fingerprint density at radius 1 is 1.35 bits per heavy atom. The first-order chi connectivity index (χ1) is 9.60. The van der Waals surface area contributed by atoms with Crippen molar-refractivity contribution in [3.8, 4) is 0 Å². The molecule has 6 heteroatoms. The standard InChI is InChI=1S/C14H15N3O3/c1-17-13(18)7-6-12(16-17)14(19)15-11-5-3-4-10(8-11)9-20-2/h3-8H,9H2,1-2H3,(H,15,19). The molecule has 0 atom stereocenters. The van der Waals surface area contributed by atoms with Gasteiger partial charge in [0.2, 0.25) is 0 Å². The summed E-state index contributed by atoms with van der Waals surface area (Å²) in [5.41, 5.74) is 1.53. The molecule has 0 bridgehead atoms. The van der Waals surface area contributed by atoms with Gasteiger partial charge in [-0.05, 0) is 23.8 Å². The monoisotopic (exact) mass is 273 g/mol. The van der Waals surface area contributed by atoms with Gasteiger partial charge in [-0.1, -0.05) is 12.1 Å². The number of methoxy groups -OCH3 is 1. The minimum absolute atomic E-state index is 0.184. The van der Waals surface area contributed by atoms with Gasteiger partial charge >= 0.3 is 0 Å². The second-order valence-corrected chi connectivity index (χ2v) is 4.27. The van der Waals surface area contributed by atoms with Crippen LogP contribution in [-0.2, 0) is 18.4 Å². The predicted molar refractivity (Wildman–Crippen MR) is 74.6 cm³/mol. The first-order valence-corrected chi connectivity index (χ1v) is 6.04. The van der Waals surface area contributed by atoms with E-state index in [1.54, 1.807) is 13.2 Å². The van der Waals surface area contributed by atoms with Crippen molar-refractivity contribution in [1.29, 1.82) is 0 Å². The highest BCUT2D eigenvalue weighted by Gasteiger charge is 2.09. The number of ether oxygens (including phenoxy) is 1. The Labute approximate surface area is 116 Å². The molecule has 20 heavy (non-hydrogen) atoms. The summed E-state index contributed by atoms with van der Waals surface area (Å²) in [6, 6.07) is 10.0. The molecule has 0 saturated heterocycles. The fraction of sp³-hybridized carbons (Fsp3) is 0.214. The molecule has 0 aliphatic carbocycles. The molecule has 0 fully saturated rings. The molecule has 1 N–H and O–H groups in total. The number of anilines is 1. The number of nitrogens with one attached hydrogen (secondary N) is 1. The van der Waals surface area contributed by atoms with Gasteiger partial charge in [0.15, 0.2) is 0 Å². The van der Waals surface area contributed by atoms with E-state index in [-0.39, 0.29) is 17.2 Å². The first kappa shape index (κ1) is 14.0. The van der Waals surface area contributed by atoms with Crippen molar-refractivity contribution in [2.24, 2.45) is 7.05 Å². The van der Waals surface area contributed by atoms with Gasteiger partial charge in [-0.25, -0.2) is 4.68 Å². The summed E-state index contributed by atoms with van der Waals surface area (Å²) in [4.78, 5) is 23.3. The number of carbonyl (C=O) groups is 1. The van der Waals surface area contributed by atoms with E-state index in [1.807, 2.05) is 18.2 Å². The topological polar surface area (TPSA) is 73.2 Å². The van der Waals surface area contributed by atoms with Gasteiger partial charge < -0.3 is 10.1 Å². The highest BCUT2D eigenvalue weighted by atomic mass is 16.5. The molecule has 0 unspecified atom stereocenters. The number of carbonyl (C=O) groups excluding carboxylic acids is 1. The molecule has 0 spiro atoms. The number of amides is 1. The van der Waals surface area contributed by atoms with Crippen molar-refractivity contribution in [3.63, 3.8) is 0 Å². The maximum Gasteiger partial charge on any atom is 0.276 e. The first-order valence-electron chi connectivity index (χ1n) is 6.04. The summed E-state index contributed by atoms with van der Waals surface area (Å²) < 4.78 is 6.16. The summed E-state index contributed by atoms with van der Waals surface area (Å²) in [5, 5.41) is 6.63. The van der Waals surface area contributed by atoms with Crippen LogP contribution in [-0.4, -0.2) is 22.8 Å². The summed E-state index contributed by atoms with van der Waals surface area (Å²) >= 11 is 0. The average Bonchev–Trinajstić information content (AvgIpc) is 2.42. The van der Waals surface area contributed by atoms with Crippen molar-refractivity contribution in [2.45, 2.75) is 6.61 Å². The van der Waals surface area contributed by atoms with Gasteiger partial charge in [0.1, 0.15) is 5.69 Å². The number of aryl methyl sites for hydroxylation is 1. The molecule has 2 rings (SSSR count). The zero-order valence-corrected chi connectivity index (χ0v) is 11.3. The third-order valence-electron chi connectivity index (χ3n) is 2.69. The number of nitrogens with zero attached hydrogens (tertiary/aromatic N) is 2. The fourth-order valence-electron chi connectivity index (χ4n) is 1.72. The van der Waals surface area contributed by atoms with Crippen molar-refractivity contribution in [1.82, 2.24) is 9.78 Å². The number of aromatic nitrogens is 2. The Hall–Kier alpha value is -2.47. The second-order valence-electron chi connectivity index (χ2n) is 4.27. The number of benzene rings is 1. The fourth-order valence-corrected chi connectivity index (χ4v) is 1.72. The largest absolute Gasteiger partial charge is 0.380 e. The number of rotatable bonds is 4. The molecular weight excluding hydrogens is 258 g/mol. The van der Waals surface area contributed by atoms with Crippen LogP contribution < -0.4 is 10.9 Å². The maximum atomic E-state index is 12.0. The molecule has 1 aromatic carbocycles. The molecule has 1 amide bonds. The third-order valence-corrected chi connectivity index (χ3v) is 2.69. The Morgan fingerprint density at radius 3 is 2.85 bits per heavy atom. The number of hydrogen-bond donors (Lipinski definition) is 1. The minimum Gasteiger partial charge on any atom is -0.380 e. The smallest absolute Gasteiger partial charge is 0.276 e. The van der Waals surface area contributed by atoms with Crippen molar-refractivity contribution in [3.05, 3.63) is 58.0 Å². The molecule has 0 aliphatic rings. The maximum absolute atomic E-state index is 12.0. The molecule has 1 aromatic heterocycles. The van der Waals surface area contributed by atoms with Gasteiger partial charge in [-0.3, -0.25) is 9.59 Å². The lowest BCUT2D eigenvalue weighted by molar-refractivity contribution is 0.102. The zero-order chi connectivity index (χ0) is 14.5. The molecule has 0 saturated carbocycles.